The summed E-state index contributed by atoms with van der Waals surface area (Å²) in [6.45, 7) is 4.72. The molecule has 0 bridgehead atoms. The molecule has 0 aliphatic heterocycles. The van der Waals surface area contributed by atoms with Gasteiger partial charge in [-0.2, -0.15) is 0 Å². The van der Waals surface area contributed by atoms with Gasteiger partial charge in [0.25, 0.3) is 0 Å². The van der Waals surface area contributed by atoms with Crippen LogP contribution in [-0.4, -0.2) is 0 Å². The lowest BCUT2D eigenvalue weighted by molar-refractivity contribution is 0.661. The van der Waals surface area contributed by atoms with Crippen LogP contribution in [0, 0.1) is 0 Å². The topological polar surface area (TPSA) is 13.1 Å². The second-order valence-corrected chi connectivity index (χ2v) is 17.4. The van der Waals surface area contributed by atoms with Crippen LogP contribution in [0.25, 0.3) is 110 Å². The van der Waals surface area contributed by atoms with Gasteiger partial charge in [0.2, 0.25) is 0 Å². The summed E-state index contributed by atoms with van der Waals surface area (Å²) >= 11 is 0. The third-order valence-corrected chi connectivity index (χ3v) is 14.0. The molecular formula is C59H40O. The summed E-state index contributed by atoms with van der Waals surface area (Å²) in [6.07, 6.45) is 2.09. The zero-order valence-electron chi connectivity index (χ0n) is 33.6. The van der Waals surface area contributed by atoms with E-state index in [1.807, 2.05) is 0 Å². The van der Waals surface area contributed by atoms with E-state index in [0.717, 1.165) is 34.8 Å². The Bertz CT molecular complexity index is 3570. The molecule has 0 fully saturated rings. The molecule has 0 spiro atoms. The Kier molecular flexibility index (Phi) is 6.97. The maximum absolute atomic E-state index is 6.56. The van der Waals surface area contributed by atoms with Gasteiger partial charge in [0.15, 0.2) is 0 Å². The van der Waals surface area contributed by atoms with Gasteiger partial charge >= 0.3 is 0 Å². The molecule has 1 heteroatoms. The molecule has 0 saturated heterocycles. The Morgan fingerprint density at radius 3 is 1.70 bits per heavy atom. The molecular weight excluding hydrogens is 725 g/mol. The van der Waals surface area contributed by atoms with Crippen molar-refractivity contribution in [3.05, 3.63) is 204 Å². The highest BCUT2D eigenvalue weighted by Crippen LogP contribution is 2.53. The van der Waals surface area contributed by atoms with Crippen LogP contribution in [0.4, 0.5) is 0 Å². The van der Waals surface area contributed by atoms with Crippen LogP contribution in [0.3, 0.4) is 0 Å². The summed E-state index contributed by atoms with van der Waals surface area (Å²) in [7, 11) is 0. The summed E-state index contributed by atoms with van der Waals surface area (Å²) in [5, 5.41) is 9.98. The number of hydrogen-bond donors (Lipinski definition) is 0. The van der Waals surface area contributed by atoms with Crippen LogP contribution in [0.5, 0.6) is 0 Å². The van der Waals surface area contributed by atoms with E-state index in [1.54, 1.807) is 0 Å². The van der Waals surface area contributed by atoms with E-state index in [1.165, 1.54) is 110 Å². The maximum atomic E-state index is 6.56. The van der Waals surface area contributed by atoms with Crippen molar-refractivity contribution < 1.29 is 4.42 Å². The van der Waals surface area contributed by atoms with E-state index in [4.69, 9.17) is 4.42 Å². The monoisotopic (exact) mass is 764 g/mol. The van der Waals surface area contributed by atoms with Gasteiger partial charge in [-0.1, -0.05) is 166 Å². The molecule has 11 aromatic rings. The summed E-state index contributed by atoms with van der Waals surface area (Å²) in [6, 6.07) is 68.0. The molecule has 0 saturated carbocycles. The van der Waals surface area contributed by atoms with Gasteiger partial charge in [0.05, 0.1) is 0 Å². The minimum atomic E-state index is -0.0619. The van der Waals surface area contributed by atoms with E-state index in [9.17, 15) is 0 Å². The van der Waals surface area contributed by atoms with E-state index in [2.05, 4.69) is 196 Å². The highest BCUT2D eigenvalue weighted by Gasteiger charge is 2.36. The van der Waals surface area contributed by atoms with Crippen LogP contribution in [0.2, 0.25) is 0 Å². The summed E-state index contributed by atoms with van der Waals surface area (Å²) in [5.41, 5.74) is 20.4. The van der Waals surface area contributed by atoms with Gasteiger partial charge in [0, 0.05) is 16.2 Å². The lowest BCUT2D eigenvalue weighted by Gasteiger charge is -2.25. The first kappa shape index (κ1) is 33.7. The van der Waals surface area contributed by atoms with E-state index in [-0.39, 0.29) is 5.41 Å². The molecule has 1 nitrogen and oxygen atoms in total. The SMILES string of the molecule is CC1(C)c2ccc(-c3ccc4oc5ccc(-c6c7ccccc7c(-c7cccc8c7CCc7ccccc7-8)c7ccccc67)cc5c4c3)cc2-c2c1ccc1ccccc21. The minimum absolute atomic E-state index is 0.0619. The number of aryl methyl sites for hydroxylation is 1. The van der Waals surface area contributed by atoms with Crippen LogP contribution >= 0.6 is 0 Å². The highest BCUT2D eigenvalue weighted by molar-refractivity contribution is 6.22. The Balaban J connectivity index is 0.988. The van der Waals surface area contributed by atoms with Gasteiger partial charge in [-0.3, -0.25) is 0 Å². The van der Waals surface area contributed by atoms with Crippen molar-refractivity contribution in [3.8, 4) is 55.6 Å². The van der Waals surface area contributed by atoms with Crippen molar-refractivity contribution in [2.24, 2.45) is 0 Å². The predicted molar refractivity (Wildman–Crippen MR) is 253 cm³/mol. The molecule has 13 rings (SSSR count). The highest BCUT2D eigenvalue weighted by atomic mass is 16.3. The second kappa shape index (κ2) is 12.4. The standard InChI is InChI=1S/C59H40O/c1-59(2)52-28-24-37(33-51(52)58-41-15-6-4-13-36(41)23-29-53(58)59)38-25-30-54-49(32-38)50-34-39(26-31-55(50)60-54)56-45-16-7-9-18-47(45)57(48-19-10-8-17-46(48)56)44-21-11-20-42-40-14-5-3-12-35(40)22-27-43(42)44/h3-21,23-26,28-34H,22,27H2,1-2H3. The summed E-state index contributed by atoms with van der Waals surface area (Å²) in [4.78, 5) is 0. The number of hydrogen-bond acceptors (Lipinski definition) is 1. The van der Waals surface area contributed by atoms with Crippen molar-refractivity contribution >= 4 is 54.3 Å². The quantitative estimate of drug-likeness (QED) is 0.163. The van der Waals surface area contributed by atoms with Crippen LogP contribution in [-0.2, 0) is 18.3 Å². The van der Waals surface area contributed by atoms with E-state index in [0.29, 0.717) is 0 Å². The average Bonchev–Trinajstić information content (AvgIpc) is 3.78. The van der Waals surface area contributed by atoms with Gasteiger partial charge in [-0.15, -0.1) is 0 Å². The molecule has 10 aromatic carbocycles. The van der Waals surface area contributed by atoms with Crippen molar-refractivity contribution in [2.45, 2.75) is 32.1 Å². The first-order valence-corrected chi connectivity index (χ1v) is 21.3. The number of rotatable bonds is 3. The molecule has 60 heavy (non-hydrogen) atoms. The van der Waals surface area contributed by atoms with Gasteiger partial charge in [0.1, 0.15) is 11.2 Å². The lowest BCUT2D eigenvalue weighted by Crippen LogP contribution is -2.14. The largest absolute Gasteiger partial charge is 0.456 e. The van der Waals surface area contributed by atoms with Crippen molar-refractivity contribution in [3.63, 3.8) is 0 Å². The van der Waals surface area contributed by atoms with Gasteiger partial charge in [-0.25, -0.2) is 0 Å². The van der Waals surface area contributed by atoms with Gasteiger partial charge < -0.3 is 4.42 Å². The third-order valence-electron chi connectivity index (χ3n) is 14.0. The molecule has 0 N–H and O–H groups in total. The number of furan rings is 1. The summed E-state index contributed by atoms with van der Waals surface area (Å²) in [5.74, 6) is 0. The van der Waals surface area contributed by atoms with Crippen LogP contribution < -0.4 is 0 Å². The van der Waals surface area contributed by atoms with Crippen molar-refractivity contribution in [1.29, 1.82) is 0 Å². The van der Waals surface area contributed by atoms with Crippen LogP contribution in [0.15, 0.2) is 186 Å². The Morgan fingerprint density at radius 2 is 0.933 bits per heavy atom. The Labute approximate surface area is 349 Å². The Morgan fingerprint density at radius 1 is 0.367 bits per heavy atom. The average molecular weight is 765 g/mol. The maximum Gasteiger partial charge on any atom is 0.135 e. The molecule has 2 aliphatic carbocycles. The molecule has 0 amide bonds. The molecule has 2 aliphatic rings. The molecule has 1 heterocycles. The molecule has 0 atom stereocenters. The number of benzene rings is 10. The first-order chi connectivity index (χ1) is 29.5. The van der Waals surface area contributed by atoms with E-state index >= 15 is 0 Å². The van der Waals surface area contributed by atoms with Crippen molar-refractivity contribution in [2.75, 3.05) is 0 Å². The van der Waals surface area contributed by atoms with Gasteiger partial charge in [-0.05, 0) is 153 Å². The minimum Gasteiger partial charge on any atom is -0.456 e. The second-order valence-electron chi connectivity index (χ2n) is 17.4. The van der Waals surface area contributed by atoms with Crippen molar-refractivity contribution in [1.82, 2.24) is 0 Å². The fourth-order valence-electron chi connectivity index (χ4n) is 11.1. The first-order valence-electron chi connectivity index (χ1n) is 21.3. The predicted octanol–water partition coefficient (Wildman–Crippen LogP) is 16.1. The zero-order chi connectivity index (χ0) is 39.7. The van der Waals surface area contributed by atoms with Crippen LogP contribution in [0.1, 0.15) is 36.1 Å². The normalized spacial score (nSPS) is 13.8. The third kappa shape index (κ3) is 4.69. The Hall–Kier alpha value is -7.22. The molecule has 0 unspecified atom stereocenters. The summed E-state index contributed by atoms with van der Waals surface area (Å²) < 4.78 is 6.56. The molecule has 282 valence electrons. The number of fused-ring (bicyclic) bond motifs is 13. The smallest absolute Gasteiger partial charge is 0.135 e. The fraction of sp³-hybridized carbons (Fsp3) is 0.0847. The zero-order valence-corrected chi connectivity index (χ0v) is 33.6. The van der Waals surface area contributed by atoms with E-state index < -0.39 is 0 Å². The lowest BCUT2D eigenvalue weighted by atomic mass is 9.79. The fourth-order valence-corrected chi connectivity index (χ4v) is 11.1. The molecule has 1 aromatic heterocycles. The molecule has 0 radical (unpaired) electrons.